The van der Waals surface area contributed by atoms with Crippen LogP contribution in [0, 0.1) is 0 Å². The van der Waals surface area contributed by atoms with E-state index in [1.165, 1.54) is 0 Å². The number of halogens is 1. The van der Waals surface area contributed by atoms with Crippen molar-refractivity contribution < 1.29 is 9.53 Å². The summed E-state index contributed by atoms with van der Waals surface area (Å²) < 4.78 is 5.08. The highest BCUT2D eigenvalue weighted by atomic mass is 35.5. The molecule has 0 saturated carbocycles. The van der Waals surface area contributed by atoms with Gasteiger partial charge in [0, 0.05) is 0 Å². The average Bonchev–Trinajstić information content (AvgIpc) is 1.98. The number of Topliss-reactive ketones (excluding diaryl/α,β-unsaturated/α-hetero) is 1. The molecule has 0 aliphatic carbocycles. The maximum atomic E-state index is 11.0. The van der Waals surface area contributed by atoms with Crippen LogP contribution in [-0.4, -0.2) is 24.5 Å². The Morgan fingerprint density at radius 3 is 2.45 bits per heavy atom. The molecule has 1 unspecified atom stereocenters. The first-order valence-corrected chi connectivity index (χ1v) is 3.96. The Hall–Kier alpha value is -0.120. The van der Waals surface area contributed by atoms with E-state index in [1.807, 2.05) is 13.8 Å². The first-order chi connectivity index (χ1) is 5.07. The summed E-state index contributed by atoms with van der Waals surface area (Å²) in [4.78, 5) is 13.3. The zero-order valence-electron chi connectivity index (χ0n) is 7.06. The number of hydrogen-bond acceptors (Lipinski definition) is 3. The van der Waals surface area contributed by atoms with E-state index in [0.29, 0.717) is 0 Å². The number of nitrogens with one attached hydrogen (secondary N) is 1. The lowest BCUT2D eigenvalue weighted by molar-refractivity contribution is -0.126. The van der Waals surface area contributed by atoms with Crippen molar-refractivity contribution in [3.05, 3.63) is 0 Å². The van der Waals surface area contributed by atoms with E-state index in [2.05, 4.69) is 4.84 Å². The third-order valence-corrected chi connectivity index (χ3v) is 1.53. The van der Waals surface area contributed by atoms with Crippen LogP contribution in [0.5, 0.6) is 0 Å². The summed E-state index contributed by atoms with van der Waals surface area (Å²) in [5, 5.41) is 0. The molecule has 1 N–H and O–H groups in total. The molecule has 0 heterocycles. The highest BCUT2D eigenvalue weighted by molar-refractivity contribution is 6.15. The zero-order valence-corrected chi connectivity index (χ0v) is 7.81. The molecule has 0 spiro atoms. The molecule has 0 aliphatic heterocycles. The van der Waals surface area contributed by atoms with Crippen LogP contribution in [0.1, 0.15) is 20.8 Å². The van der Waals surface area contributed by atoms with Gasteiger partial charge in [-0.3, -0.25) is 4.79 Å². The maximum Gasteiger partial charge on any atom is 0.176 e. The molecule has 0 radical (unpaired) electrons. The number of ketones is 1. The molecule has 0 amide bonds. The second-order valence-corrected chi connectivity index (χ2v) is 2.88. The summed E-state index contributed by atoms with van der Waals surface area (Å²) in [5.41, 5.74) is 0. The van der Waals surface area contributed by atoms with Crippen molar-refractivity contribution in [1.29, 1.82) is 0 Å². The van der Waals surface area contributed by atoms with Crippen LogP contribution in [0.4, 0.5) is 0 Å². The predicted octanol–water partition coefficient (Wildman–Crippen LogP) is 1.11. The Labute approximate surface area is 72.2 Å². The third-order valence-electron chi connectivity index (χ3n) is 1.21. The lowest BCUT2D eigenvalue weighted by atomic mass is 10.2. The van der Waals surface area contributed by atoms with Gasteiger partial charge in [0.25, 0.3) is 0 Å². The summed E-state index contributed by atoms with van der Waals surface area (Å²) in [5.74, 6) is -0.0336. The molecule has 4 heteroatoms. The largest absolute Gasteiger partial charge is 0.371 e. The van der Waals surface area contributed by atoms with Crippen molar-refractivity contribution in [3.63, 3.8) is 0 Å². The molecule has 0 aromatic heterocycles. The van der Waals surface area contributed by atoms with Crippen LogP contribution in [-0.2, 0) is 9.53 Å². The van der Waals surface area contributed by atoms with Crippen molar-refractivity contribution >= 4 is 17.6 Å². The minimum atomic E-state index is -0.338. The second kappa shape index (κ2) is 5.52. The van der Waals surface area contributed by atoms with E-state index < -0.39 is 0 Å². The predicted molar refractivity (Wildman–Crippen MR) is 44.5 cm³/mol. The molecular formula is C7H14ClNO2. The average molecular weight is 180 g/mol. The molecule has 66 valence electrons. The Balaban J connectivity index is 3.52. The van der Waals surface area contributed by atoms with E-state index >= 15 is 0 Å². The van der Waals surface area contributed by atoms with Gasteiger partial charge >= 0.3 is 0 Å². The number of carbonyl (C=O) groups excluding carboxylic acids is 1. The van der Waals surface area contributed by atoms with E-state index in [9.17, 15) is 4.79 Å². The molecule has 0 bridgehead atoms. The molecule has 0 aliphatic rings. The SMILES string of the molecule is CC(C)OCC(=O)C(C)NCl. The second-order valence-electron chi connectivity index (χ2n) is 2.66. The summed E-state index contributed by atoms with van der Waals surface area (Å²) in [6.45, 7) is 5.58. The van der Waals surface area contributed by atoms with Crippen LogP contribution < -0.4 is 4.84 Å². The van der Waals surface area contributed by atoms with Crippen molar-refractivity contribution in [3.8, 4) is 0 Å². The van der Waals surface area contributed by atoms with Gasteiger partial charge in [0.15, 0.2) is 5.78 Å². The molecule has 0 rings (SSSR count). The van der Waals surface area contributed by atoms with Gasteiger partial charge in [-0.15, -0.1) is 0 Å². The molecular weight excluding hydrogens is 166 g/mol. The number of carbonyl (C=O) groups is 1. The molecule has 1 atom stereocenters. The van der Waals surface area contributed by atoms with Gasteiger partial charge in [-0.2, -0.15) is 0 Å². The summed E-state index contributed by atoms with van der Waals surface area (Å²) in [6, 6.07) is -0.338. The normalized spacial score (nSPS) is 13.5. The Morgan fingerprint density at radius 2 is 2.09 bits per heavy atom. The Bertz CT molecular complexity index is 128. The van der Waals surface area contributed by atoms with Gasteiger partial charge < -0.3 is 4.74 Å². The van der Waals surface area contributed by atoms with Crippen molar-refractivity contribution in [2.45, 2.75) is 32.9 Å². The van der Waals surface area contributed by atoms with Crippen LogP contribution in [0.3, 0.4) is 0 Å². The van der Waals surface area contributed by atoms with E-state index in [4.69, 9.17) is 16.5 Å². The standard InChI is InChI=1S/C7H14ClNO2/c1-5(2)11-4-7(10)6(3)9-8/h5-6,9H,4H2,1-3H3. The fourth-order valence-corrected chi connectivity index (χ4v) is 0.556. The first-order valence-electron chi connectivity index (χ1n) is 3.58. The highest BCUT2D eigenvalue weighted by Gasteiger charge is 2.11. The quantitative estimate of drug-likeness (QED) is 0.643. The van der Waals surface area contributed by atoms with Crippen molar-refractivity contribution in [1.82, 2.24) is 4.84 Å². The van der Waals surface area contributed by atoms with Crippen LogP contribution in [0.2, 0.25) is 0 Å². The fraction of sp³-hybridized carbons (Fsp3) is 0.857. The van der Waals surface area contributed by atoms with Gasteiger partial charge in [-0.05, 0) is 32.5 Å². The smallest absolute Gasteiger partial charge is 0.176 e. The van der Waals surface area contributed by atoms with Gasteiger partial charge in [-0.1, -0.05) is 0 Å². The number of hydrogen-bond donors (Lipinski definition) is 1. The third kappa shape index (κ3) is 5.18. The Morgan fingerprint density at radius 1 is 1.55 bits per heavy atom. The van der Waals surface area contributed by atoms with Crippen LogP contribution in [0.25, 0.3) is 0 Å². The monoisotopic (exact) mass is 179 g/mol. The highest BCUT2D eigenvalue weighted by Crippen LogP contribution is 1.92. The lowest BCUT2D eigenvalue weighted by Crippen LogP contribution is -2.31. The first kappa shape index (κ1) is 10.9. The lowest BCUT2D eigenvalue weighted by Gasteiger charge is -2.09. The van der Waals surface area contributed by atoms with E-state index in [-0.39, 0.29) is 24.5 Å². The summed E-state index contributed by atoms with van der Waals surface area (Å²) in [6.07, 6.45) is 0.0847. The number of ether oxygens (including phenoxy) is 1. The van der Waals surface area contributed by atoms with Gasteiger partial charge in [0.05, 0.1) is 12.1 Å². The fourth-order valence-electron chi connectivity index (χ4n) is 0.435. The molecule has 0 aromatic rings. The number of rotatable bonds is 5. The molecule has 0 fully saturated rings. The van der Waals surface area contributed by atoms with Crippen molar-refractivity contribution in [2.24, 2.45) is 0 Å². The molecule has 0 aromatic carbocycles. The minimum absolute atomic E-state index is 0.0336. The molecule has 11 heavy (non-hydrogen) atoms. The topological polar surface area (TPSA) is 38.3 Å². The van der Waals surface area contributed by atoms with Gasteiger partial charge in [0.2, 0.25) is 0 Å². The Kier molecular flexibility index (Phi) is 5.46. The minimum Gasteiger partial charge on any atom is -0.371 e. The van der Waals surface area contributed by atoms with Crippen LogP contribution in [0.15, 0.2) is 0 Å². The zero-order chi connectivity index (χ0) is 8.85. The summed E-state index contributed by atoms with van der Waals surface area (Å²) in [7, 11) is 0. The van der Waals surface area contributed by atoms with E-state index in [0.717, 1.165) is 0 Å². The van der Waals surface area contributed by atoms with Gasteiger partial charge in [0.1, 0.15) is 6.61 Å². The maximum absolute atomic E-state index is 11.0. The van der Waals surface area contributed by atoms with Gasteiger partial charge in [-0.25, -0.2) is 4.84 Å². The summed E-state index contributed by atoms with van der Waals surface area (Å²) >= 11 is 5.24. The molecule has 0 saturated heterocycles. The van der Waals surface area contributed by atoms with Crippen molar-refractivity contribution in [2.75, 3.05) is 6.61 Å². The van der Waals surface area contributed by atoms with E-state index in [1.54, 1.807) is 6.92 Å². The molecule has 3 nitrogen and oxygen atoms in total. The van der Waals surface area contributed by atoms with Crippen LogP contribution >= 0.6 is 11.8 Å².